The molecule has 0 heterocycles. The van der Waals surface area contributed by atoms with Crippen molar-refractivity contribution in [3.05, 3.63) is 71.1 Å². The monoisotopic (exact) mass is 235 g/mol. The molecule has 0 aliphatic carbocycles. The molecule has 2 rings (SSSR count). The standard InChI is InChI=1S/C16H13NO/c1-17-16-6-4-3-5-14(16)10-7-13-8-11-15(18-2)12-9-13/h3-12H,2H3/b10-7+. The van der Waals surface area contributed by atoms with Gasteiger partial charge in [0.25, 0.3) is 0 Å². The quantitative estimate of drug-likeness (QED) is 0.567. The average Bonchev–Trinajstić information content (AvgIpc) is 2.46. The Hall–Kier alpha value is -2.53. The Morgan fingerprint density at radius 2 is 1.72 bits per heavy atom. The van der Waals surface area contributed by atoms with Crippen molar-refractivity contribution in [2.45, 2.75) is 0 Å². The fourth-order valence-corrected chi connectivity index (χ4v) is 1.63. The van der Waals surface area contributed by atoms with Crippen molar-refractivity contribution in [1.82, 2.24) is 0 Å². The van der Waals surface area contributed by atoms with Crippen LogP contribution in [0.1, 0.15) is 11.1 Å². The van der Waals surface area contributed by atoms with Crippen LogP contribution in [0, 0.1) is 6.57 Å². The molecule has 0 aromatic heterocycles. The Morgan fingerprint density at radius 3 is 2.39 bits per heavy atom. The van der Waals surface area contributed by atoms with Crippen molar-refractivity contribution in [2.75, 3.05) is 7.11 Å². The third-order valence-corrected chi connectivity index (χ3v) is 2.63. The average molecular weight is 235 g/mol. The lowest BCUT2D eigenvalue weighted by molar-refractivity contribution is 0.415. The van der Waals surface area contributed by atoms with Crippen molar-refractivity contribution < 1.29 is 4.74 Å². The second kappa shape index (κ2) is 5.70. The van der Waals surface area contributed by atoms with Crippen molar-refractivity contribution in [3.8, 4) is 5.75 Å². The second-order valence-corrected chi connectivity index (χ2v) is 3.78. The van der Waals surface area contributed by atoms with Crippen molar-refractivity contribution in [2.24, 2.45) is 0 Å². The van der Waals surface area contributed by atoms with Gasteiger partial charge in [0.1, 0.15) is 5.75 Å². The maximum Gasteiger partial charge on any atom is 0.194 e. The fourth-order valence-electron chi connectivity index (χ4n) is 1.63. The zero-order valence-corrected chi connectivity index (χ0v) is 10.1. The van der Waals surface area contributed by atoms with E-state index >= 15 is 0 Å². The SMILES string of the molecule is [C-]#[N+]c1ccccc1/C=C/c1ccc(OC)cc1. The summed E-state index contributed by atoms with van der Waals surface area (Å²) < 4.78 is 5.10. The van der Waals surface area contributed by atoms with Gasteiger partial charge in [-0.1, -0.05) is 48.6 Å². The third kappa shape index (κ3) is 2.78. The maximum absolute atomic E-state index is 7.10. The molecule has 88 valence electrons. The molecule has 2 aromatic carbocycles. The minimum Gasteiger partial charge on any atom is -0.497 e. The van der Waals surface area contributed by atoms with Crippen LogP contribution in [-0.2, 0) is 0 Å². The van der Waals surface area contributed by atoms with E-state index in [2.05, 4.69) is 4.85 Å². The molecule has 0 saturated carbocycles. The van der Waals surface area contributed by atoms with Crippen molar-refractivity contribution in [3.63, 3.8) is 0 Å². The van der Waals surface area contributed by atoms with Gasteiger partial charge in [0, 0.05) is 0 Å². The number of hydrogen-bond donors (Lipinski definition) is 0. The summed E-state index contributed by atoms with van der Waals surface area (Å²) in [6, 6.07) is 15.4. The third-order valence-electron chi connectivity index (χ3n) is 2.63. The van der Waals surface area contributed by atoms with Gasteiger partial charge in [0.15, 0.2) is 5.69 Å². The predicted molar refractivity (Wildman–Crippen MR) is 74.6 cm³/mol. The number of hydrogen-bond acceptors (Lipinski definition) is 1. The lowest BCUT2D eigenvalue weighted by atomic mass is 10.1. The minimum absolute atomic E-state index is 0.669. The smallest absolute Gasteiger partial charge is 0.194 e. The van der Waals surface area contributed by atoms with Gasteiger partial charge >= 0.3 is 0 Å². The highest BCUT2D eigenvalue weighted by atomic mass is 16.5. The molecule has 0 bridgehead atoms. The molecule has 2 aromatic rings. The molecule has 0 spiro atoms. The zero-order valence-electron chi connectivity index (χ0n) is 10.1. The lowest BCUT2D eigenvalue weighted by Gasteiger charge is -2.00. The van der Waals surface area contributed by atoms with Gasteiger partial charge < -0.3 is 4.74 Å². The summed E-state index contributed by atoms with van der Waals surface area (Å²) in [5.41, 5.74) is 2.68. The molecule has 2 nitrogen and oxygen atoms in total. The first kappa shape index (κ1) is 11.9. The van der Waals surface area contributed by atoms with Crippen LogP contribution in [0.4, 0.5) is 5.69 Å². The van der Waals surface area contributed by atoms with E-state index in [4.69, 9.17) is 11.3 Å². The van der Waals surface area contributed by atoms with Crippen LogP contribution < -0.4 is 4.74 Å². The number of rotatable bonds is 3. The molecule has 0 N–H and O–H groups in total. The van der Waals surface area contributed by atoms with Gasteiger partial charge in [-0.15, -0.1) is 0 Å². The summed E-state index contributed by atoms with van der Waals surface area (Å²) in [7, 11) is 1.65. The minimum atomic E-state index is 0.669. The predicted octanol–water partition coefficient (Wildman–Crippen LogP) is 4.42. The summed E-state index contributed by atoms with van der Waals surface area (Å²) in [5, 5.41) is 0. The van der Waals surface area contributed by atoms with E-state index in [1.165, 1.54) is 0 Å². The van der Waals surface area contributed by atoms with Crippen molar-refractivity contribution >= 4 is 17.8 Å². The first-order valence-electron chi connectivity index (χ1n) is 5.62. The van der Waals surface area contributed by atoms with Gasteiger partial charge in [-0.3, -0.25) is 0 Å². The number of para-hydroxylation sites is 1. The zero-order chi connectivity index (χ0) is 12.8. The normalized spacial score (nSPS) is 10.2. The Balaban J connectivity index is 2.22. The van der Waals surface area contributed by atoms with Gasteiger partial charge in [0.05, 0.1) is 13.7 Å². The van der Waals surface area contributed by atoms with Gasteiger partial charge in [-0.25, -0.2) is 4.85 Å². The molecule has 0 aliphatic heterocycles. The van der Waals surface area contributed by atoms with Crippen LogP contribution in [0.5, 0.6) is 5.75 Å². The molecule has 0 fully saturated rings. The molecule has 0 aliphatic rings. The maximum atomic E-state index is 7.10. The van der Waals surface area contributed by atoms with E-state index in [-0.39, 0.29) is 0 Å². The molecule has 0 atom stereocenters. The molecular weight excluding hydrogens is 222 g/mol. The van der Waals surface area contributed by atoms with Gasteiger partial charge in [-0.05, 0) is 23.3 Å². The summed E-state index contributed by atoms with van der Waals surface area (Å²) in [4.78, 5) is 3.49. The van der Waals surface area contributed by atoms with Crippen LogP contribution in [0.25, 0.3) is 17.0 Å². The van der Waals surface area contributed by atoms with E-state index in [9.17, 15) is 0 Å². The highest BCUT2D eigenvalue weighted by Crippen LogP contribution is 2.21. The molecular formula is C16H13NO. The fraction of sp³-hybridized carbons (Fsp3) is 0.0625. The van der Waals surface area contributed by atoms with E-state index in [0.717, 1.165) is 16.9 Å². The first-order valence-corrected chi connectivity index (χ1v) is 5.62. The van der Waals surface area contributed by atoms with Crippen LogP contribution in [0.3, 0.4) is 0 Å². The Labute approximate surface area is 107 Å². The van der Waals surface area contributed by atoms with Gasteiger partial charge in [0.2, 0.25) is 0 Å². The number of nitrogens with zero attached hydrogens (tertiary/aromatic N) is 1. The molecule has 0 saturated heterocycles. The van der Waals surface area contributed by atoms with Crippen LogP contribution >= 0.6 is 0 Å². The molecule has 18 heavy (non-hydrogen) atoms. The molecule has 0 amide bonds. The summed E-state index contributed by atoms with van der Waals surface area (Å²) in [6.45, 7) is 7.10. The van der Waals surface area contributed by atoms with E-state index in [1.807, 2.05) is 60.7 Å². The van der Waals surface area contributed by atoms with Crippen LogP contribution in [0.2, 0.25) is 0 Å². The molecule has 0 unspecified atom stereocenters. The van der Waals surface area contributed by atoms with E-state index in [0.29, 0.717) is 5.69 Å². The highest BCUT2D eigenvalue weighted by molar-refractivity contribution is 5.77. The summed E-state index contributed by atoms with van der Waals surface area (Å²) in [5.74, 6) is 0.841. The lowest BCUT2D eigenvalue weighted by Crippen LogP contribution is -1.81. The van der Waals surface area contributed by atoms with Crippen LogP contribution in [0.15, 0.2) is 48.5 Å². The Bertz CT molecular complexity index is 591. The number of methoxy groups -OCH3 is 1. The molecule has 2 heteroatoms. The Kier molecular flexibility index (Phi) is 3.78. The summed E-state index contributed by atoms with van der Waals surface area (Å²) >= 11 is 0. The number of ether oxygens (including phenoxy) is 1. The van der Waals surface area contributed by atoms with Crippen molar-refractivity contribution in [1.29, 1.82) is 0 Å². The Morgan fingerprint density at radius 1 is 1.00 bits per heavy atom. The largest absolute Gasteiger partial charge is 0.497 e. The van der Waals surface area contributed by atoms with E-state index in [1.54, 1.807) is 7.11 Å². The summed E-state index contributed by atoms with van der Waals surface area (Å²) in [6.07, 6.45) is 3.94. The van der Waals surface area contributed by atoms with Gasteiger partial charge in [-0.2, -0.15) is 0 Å². The number of benzene rings is 2. The topological polar surface area (TPSA) is 13.6 Å². The van der Waals surface area contributed by atoms with Crippen LogP contribution in [-0.4, -0.2) is 7.11 Å². The highest BCUT2D eigenvalue weighted by Gasteiger charge is 1.96. The van der Waals surface area contributed by atoms with E-state index < -0.39 is 0 Å². The second-order valence-electron chi connectivity index (χ2n) is 3.78. The molecule has 0 radical (unpaired) electrons. The first-order chi connectivity index (χ1) is 8.83.